The van der Waals surface area contributed by atoms with Gasteiger partial charge in [0.25, 0.3) is 5.91 Å². The quantitative estimate of drug-likeness (QED) is 0.876. The minimum atomic E-state index is -0.207. The van der Waals surface area contributed by atoms with E-state index in [1.165, 1.54) is 0 Å². The highest BCUT2D eigenvalue weighted by Crippen LogP contribution is 2.17. The number of carbonyl (C=O) groups is 1. The van der Waals surface area contributed by atoms with E-state index >= 15 is 0 Å². The zero-order valence-corrected chi connectivity index (χ0v) is 11.7. The standard InChI is InChI=1S/C15H18N4O/c1-3-7-16-13-6-5-12(10-11(13)2)14(20)19-15-17-8-4-9-18-15/h4-6,8-10,16H,3,7H2,1-2H3,(H,17,18,19,20). The Morgan fingerprint density at radius 1 is 1.25 bits per heavy atom. The Balaban J connectivity index is 2.09. The summed E-state index contributed by atoms with van der Waals surface area (Å²) in [5, 5.41) is 5.99. The molecule has 1 aromatic carbocycles. The molecule has 20 heavy (non-hydrogen) atoms. The number of aromatic nitrogens is 2. The lowest BCUT2D eigenvalue weighted by Gasteiger charge is -2.10. The van der Waals surface area contributed by atoms with Gasteiger partial charge in [-0.05, 0) is 43.2 Å². The summed E-state index contributed by atoms with van der Waals surface area (Å²) >= 11 is 0. The number of hydrogen-bond donors (Lipinski definition) is 2. The number of carbonyl (C=O) groups excluding carboxylic acids is 1. The van der Waals surface area contributed by atoms with Gasteiger partial charge in [0.15, 0.2) is 0 Å². The molecule has 2 N–H and O–H groups in total. The summed E-state index contributed by atoms with van der Waals surface area (Å²) in [5.41, 5.74) is 2.69. The molecule has 0 aliphatic rings. The van der Waals surface area contributed by atoms with Crippen molar-refractivity contribution < 1.29 is 4.79 Å². The lowest BCUT2D eigenvalue weighted by atomic mass is 10.1. The first-order valence-electron chi connectivity index (χ1n) is 6.63. The second kappa shape index (κ2) is 6.65. The number of hydrogen-bond acceptors (Lipinski definition) is 4. The molecular weight excluding hydrogens is 252 g/mol. The second-order valence-corrected chi connectivity index (χ2v) is 4.48. The zero-order valence-electron chi connectivity index (χ0n) is 11.7. The predicted molar refractivity (Wildman–Crippen MR) is 79.9 cm³/mol. The van der Waals surface area contributed by atoms with Gasteiger partial charge in [-0.2, -0.15) is 0 Å². The van der Waals surface area contributed by atoms with Gasteiger partial charge in [-0.25, -0.2) is 9.97 Å². The smallest absolute Gasteiger partial charge is 0.258 e. The Kier molecular flexibility index (Phi) is 4.65. The molecule has 2 aromatic rings. The van der Waals surface area contributed by atoms with E-state index in [2.05, 4.69) is 27.5 Å². The molecule has 104 valence electrons. The lowest BCUT2D eigenvalue weighted by Crippen LogP contribution is -2.14. The van der Waals surface area contributed by atoms with Gasteiger partial charge in [-0.15, -0.1) is 0 Å². The number of aryl methyl sites for hydroxylation is 1. The monoisotopic (exact) mass is 270 g/mol. The van der Waals surface area contributed by atoms with E-state index in [1.54, 1.807) is 24.5 Å². The molecule has 0 radical (unpaired) electrons. The molecule has 0 unspecified atom stereocenters. The van der Waals surface area contributed by atoms with Crippen LogP contribution in [0.2, 0.25) is 0 Å². The SMILES string of the molecule is CCCNc1ccc(C(=O)Nc2ncccn2)cc1C. The molecule has 0 saturated carbocycles. The molecule has 0 bridgehead atoms. The minimum Gasteiger partial charge on any atom is -0.385 e. The van der Waals surface area contributed by atoms with Crippen LogP contribution in [-0.2, 0) is 0 Å². The van der Waals surface area contributed by atoms with Crippen LogP contribution in [-0.4, -0.2) is 22.4 Å². The van der Waals surface area contributed by atoms with Gasteiger partial charge < -0.3 is 5.32 Å². The van der Waals surface area contributed by atoms with Crippen molar-refractivity contribution in [2.45, 2.75) is 20.3 Å². The van der Waals surface area contributed by atoms with Crippen molar-refractivity contribution in [3.05, 3.63) is 47.8 Å². The summed E-state index contributed by atoms with van der Waals surface area (Å²) in [6, 6.07) is 7.28. The van der Waals surface area contributed by atoms with Gasteiger partial charge >= 0.3 is 0 Å². The molecule has 0 spiro atoms. The molecule has 2 rings (SSSR count). The van der Waals surface area contributed by atoms with Crippen LogP contribution in [0.5, 0.6) is 0 Å². The Morgan fingerprint density at radius 3 is 2.65 bits per heavy atom. The first-order valence-corrected chi connectivity index (χ1v) is 6.63. The van der Waals surface area contributed by atoms with Crippen molar-refractivity contribution >= 4 is 17.5 Å². The topological polar surface area (TPSA) is 66.9 Å². The van der Waals surface area contributed by atoms with Crippen molar-refractivity contribution in [1.29, 1.82) is 0 Å². The highest BCUT2D eigenvalue weighted by Gasteiger charge is 2.09. The number of rotatable bonds is 5. The number of nitrogens with one attached hydrogen (secondary N) is 2. The van der Waals surface area contributed by atoms with E-state index in [0.29, 0.717) is 11.5 Å². The van der Waals surface area contributed by atoms with Crippen molar-refractivity contribution in [2.24, 2.45) is 0 Å². The fraction of sp³-hybridized carbons (Fsp3) is 0.267. The summed E-state index contributed by atoms with van der Waals surface area (Å²) in [7, 11) is 0. The highest BCUT2D eigenvalue weighted by atomic mass is 16.1. The molecule has 1 amide bonds. The van der Waals surface area contributed by atoms with Crippen molar-refractivity contribution in [3.8, 4) is 0 Å². The summed E-state index contributed by atoms with van der Waals surface area (Å²) in [5.74, 6) is 0.102. The molecule has 5 heteroatoms. The van der Waals surface area contributed by atoms with Crippen LogP contribution >= 0.6 is 0 Å². The zero-order chi connectivity index (χ0) is 14.4. The van der Waals surface area contributed by atoms with Gasteiger partial charge in [0.1, 0.15) is 0 Å². The van der Waals surface area contributed by atoms with Gasteiger partial charge in [0.2, 0.25) is 5.95 Å². The fourth-order valence-electron chi connectivity index (χ4n) is 1.80. The maximum Gasteiger partial charge on any atom is 0.258 e. The Hall–Kier alpha value is -2.43. The van der Waals surface area contributed by atoms with Crippen LogP contribution in [0.15, 0.2) is 36.7 Å². The molecule has 0 saturated heterocycles. The number of amides is 1. The van der Waals surface area contributed by atoms with Crippen molar-refractivity contribution in [3.63, 3.8) is 0 Å². The summed E-state index contributed by atoms with van der Waals surface area (Å²) in [6.45, 7) is 5.02. The first kappa shape index (κ1) is 14.0. The molecule has 0 aliphatic carbocycles. The number of benzene rings is 1. The van der Waals surface area contributed by atoms with Gasteiger partial charge in [-0.1, -0.05) is 6.92 Å². The summed E-state index contributed by atoms with van der Waals surface area (Å²) < 4.78 is 0. The minimum absolute atomic E-state index is 0.207. The van der Waals surface area contributed by atoms with Crippen molar-refractivity contribution in [2.75, 3.05) is 17.2 Å². The third-order valence-electron chi connectivity index (χ3n) is 2.85. The third-order valence-corrected chi connectivity index (χ3v) is 2.85. The molecular formula is C15H18N4O. The maximum absolute atomic E-state index is 12.1. The second-order valence-electron chi connectivity index (χ2n) is 4.48. The summed E-state index contributed by atoms with van der Waals surface area (Å²) in [4.78, 5) is 20.0. The molecule has 1 heterocycles. The highest BCUT2D eigenvalue weighted by molar-refractivity contribution is 6.03. The Morgan fingerprint density at radius 2 is 2.00 bits per heavy atom. The molecule has 5 nitrogen and oxygen atoms in total. The first-order chi connectivity index (χ1) is 9.70. The fourth-order valence-corrected chi connectivity index (χ4v) is 1.80. The largest absolute Gasteiger partial charge is 0.385 e. The van der Waals surface area contributed by atoms with Crippen LogP contribution < -0.4 is 10.6 Å². The van der Waals surface area contributed by atoms with E-state index in [-0.39, 0.29) is 5.91 Å². The van der Waals surface area contributed by atoms with Gasteiger partial charge in [0.05, 0.1) is 0 Å². The predicted octanol–water partition coefficient (Wildman–Crippen LogP) is 2.86. The average molecular weight is 270 g/mol. The van der Waals surface area contributed by atoms with Crippen LogP contribution in [0.1, 0.15) is 29.3 Å². The van der Waals surface area contributed by atoms with Crippen LogP contribution in [0.4, 0.5) is 11.6 Å². The molecule has 1 aromatic heterocycles. The maximum atomic E-state index is 12.1. The Labute approximate surface area is 118 Å². The molecule has 0 fully saturated rings. The molecule has 0 atom stereocenters. The van der Waals surface area contributed by atoms with E-state index in [9.17, 15) is 4.79 Å². The van der Waals surface area contributed by atoms with Crippen molar-refractivity contribution in [1.82, 2.24) is 9.97 Å². The summed E-state index contributed by atoms with van der Waals surface area (Å²) in [6.07, 6.45) is 4.24. The van der Waals surface area contributed by atoms with E-state index in [4.69, 9.17) is 0 Å². The van der Waals surface area contributed by atoms with E-state index in [0.717, 1.165) is 24.2 Å². The van der Waals surface area contributed by atoms with E-state index < -0.39 is 0 Å². The molecule has 0 aliphatic heterocycles. The number of nitrogens with zero attached hydrogens (tertiary/aromatic N) is 2. The van der Waals surface area contributed by atoms with Gasteiger partial charge in [0, 0.05) is 30.2 Å². The normalized spacial score (nSPS) is 10.1. The van der Waals surface area contributed by atoms with Crippen LogP contribution in [0.25, 0.3) is 0 Å². The number of anilines is 2. The Bertz CT molecular complexity index is 584. The van der Waals surface area contributed by atoms with Crippen LogP contribution in [0.3, 0.4) is 0 Å². The average Bonchev–Trinajstić information content (AvgIpc) is 2.47. The third kappa shape index (κ3) is 3.54. The van der Waals surface area contributed by atoms with E-state index in [1.807, 2.05) is 19.1 Å². The van der Waals surface area contributed by atoms with Crippen LogP contribution in [0, 0.1) is 6.92 Å². The lowest BCUT2D eigenvalue weighted by molar-refractivity contribution is 0.102. The van der Waals surface area contributed by atoms with Gasteiger partial charge in [-0.3, -0.25) is 10.1 Å².